The summed E-state index contributed by atoms with van der Waals surface area (Å²) < 4.78 is 0. The first-order valence-corrected chi connectivity index (χ1v) is 3.97. The maximum Gasteiger partial charge on any atom is 0.234 e. The van der Waals surface area contributed by atoms with E-state index >= 15 is 0 Å². The molecule has 0 aromatic carbocycles. The lowest BCUT2D eigenvalue weighted by atomic mass is 10.1. The molecule has 66 valence electrons. The van der Waals surface area contributed by atoms with Gasteiger partial charge in [-0.15, -0.1) is 0 Å². The number of carbonyl (C=O) groups excluding carboxylic acids is 1. The predicted octanol–water partition coefficient (Wildman–Crippen LogP) is 0.511. The minimum Gasteiger partial charge on any atom is -0.350 e. The zero-order chi connectivity index (χ0) is 8.91. The molecule has 1 amide bonds. The largest absolute Gasteiger partial charge is 0.350 e. The summed E-state index contributed by atoms with van der Waals surface area (Å²) in [6.07, 6.45) is 0. The molecule has 0 spiro atoms. The molecule has 2 N–H and O–H groups in total. The Labute approximate surface area is 68.6 Å². The highest BCUT2D eigenvalue weighted by molar-refractivity contribution is 5.78. The van der Waals surface area contributed by atoms with E-state index in [1.807, 2.05) is 27.7 Å². The van der Waals surface area contributed by atoms with Crippen LogP contribution in [0.3, 0.4) is 0 Å². The van der Waals surface area contributed by atoms with Crippen LogP contribution >= 0.6 is 0 Å². The summed E-state index contributed by atoms with van der Waals surface area (Å²) in [6.45, 7) is 9.13. The lowest BCUT2D eigenvalue weighted by molar-refractivity contribution is -0.121. The summed E-state index contributed by atoms with van der Waals surface area (Å²) in [5.41, 5.74) is -0.119. The molecule has 3 heteroatoms. The average Bonchev–Trinajstić information content (AvgIpc) is 1.79. The molecule has 0 aliphatic rings. The summed E-state index contributed by atoms with van der Waals surface area (Å²) >= 11 is 0. The van der Waals surface area contributed by atoms with Gasteiger partial charge in [0.1, 0.15) is 0 Å². The van der Waals surface area contributed by atoms with E-state index in [1.165, 1.54) is 0 Å². The predicted molar refractivity (Wildman–Crippen MR) is 46.4 cm³/mol. The zero-order valence-corrected chi connectivity index (χ0v) is 7.82. The van der Waals surface area contributed by atoms with Crippen LogP contribution in [0.2, 0.25) is 0 Å². The first kappa shape index (κ1) is 10.4. The minimum atomic E-state index is -0.119. The van der Waals surface area contributed by atoms with Crippen LogP contribution < -0.4 is 10.6 Å². The highest BCUT2D eigenvalue weighted by Crippen LogP contribution is 1.96. The normalized spacial score (nSPS) is 11.3. The summed E-state index contributed by atoms with van der Waals surface area (Å²) in [5, 5.41) is 5.81. The molecule has 0 aliphatic carbocycles. The number of likely N-dealkylation sites (N-methyl/N-ethyl adjacent to an activating group) is 1. The van der Waals surface area contributed by atoms with Crippen molar-refractivity contribution in [1.29, 1.82) is 0 Å². The standard InChI is InChI=1S/C8H18N2O/c1-5-9-6-7(11)10-8(2,3)4/h9H,5-6H2,1-4H3,(H,10,11). The van der Waals surface area contributed by atoms with Crippen molar-refractivity contribution in [3.05, 3.63) is 0 Å². The SMILES string of the molecule is CCNCC(=O)NC(C)(C)C. The van der Waals surface area contributed by atoms with Gasteiger partial charge in [0, 0.05) is 5.54 Å². The van der Waals surface area contributed by atoms with Gasteiger partial charge < -0.3 is 10.6 Å². The third kappa shape index (κ3) is 7.33. The van der Waals surface area contributed by atoms with Crippen molar-refractivity contribution in [3.63, 3.8) is 0 Å². The molecule has 0 fully saturated rings. The fourth-order valence-electron chi connectivity index (χ4n) is 0.701. The molecular weight excluding hydrogens is 140 g/mol. The molecule has 0 unspecified atom stereocenters. The summed E-state index contributed by atoms with van der Waals surface area (Å²) in [7, 11) is 0. The maximum absolute atomic E-state index is 11.0. The van der Waals surface area contributed by atoms with E-state index in [9.17, 15) is 4.79 Å². The summed E-state index contributed by atoms with van der Waals surface area (Å²) in [4.78, 5) is 11.0. The van der Waals surface area contributed by atoms with E-state index in [0.29, 0.717) is 6.54 Å². The van der Waals surface area contributed by atoms with Crippen molar-refractivity contribution in [2.24, 2.45) is 0 Å². The third-order valence-electron chi connectivity index (χ3n) is 1.05. The minimum absolute atomic E-state index is 0.0550. The van der Waals surface area contributed by atoms with Crippen LogP contribution in [-0.2, 0) is 4.79 Å². The number of rotatable bonds is 3. The molecule has 0 rings (SSSR count). The number of hydrogen-bond donors (Lipinski definition) is 2. The Balaban J connectivity index is 3.53. The number of amides is 1. The van der Waals surface area contributed by atoms with Gasteiger partial charge in [0.05, 0.1) is 6.54 Å². The van der Waals surface area contributed by atoms with Gasteiger partial charge in [-0.2, -0.15) is 0 Å². The van der Waals surface area contributed by atoms with Crippen LogP contribution in [-0.4, -0.2) is 24.5 Å². The highest BCUT2D eigenvalue weighted by atomic mass is 16.2. The van der Waals surface area contributed by atoms with Gasteiger partial charge in [0.25, 0.3) is 0 Å². The van der Waals surface area contributed by atoms with Gasteiger partial charge in [0.15, 0.2) is 0 Å². The molecule has 0 radical (unpaired) electrons. The van der Waals surface area contributed by atoms with Crippen molar-refractivity contribution < 1.29 is 4.79 Å². The first-order valence-electron chi connectivity index (χ1n) is 3.97. The molecular formula is C8H18N2O. The van der Waals surface area contributed by atoms with Gasteiger partial charge in [-0.25, -0.2) is 0 Å². The molecule has 0 aliphatic heterocycles. The number of carbonyl (C=O) groups is 1. The van der Waals surface area contributed by atoms with Crippen LogP contribution in [0.4, 0.5) is 0 Å². The van der Waals surface area contributed by atoms with Gasteiger partial charge in [-0.3, -0.25) is 4.79 Å². The molecule has 3 nitrogen and oxygen atoms in total. The van der Waals surface area contributed by atoms with Crippen molar-refractivity contribution in [2.75, 3.05) is 13.1 Å². The molecule has 0 saturated carbocycles. The molecule has 0 bridgehead atoms. The van der Waals surface area contributed by atoms with Crippen molar-refractivity contribution >= 4 is 5.91 Å². The highest BCUT2D eigenvalue weighted by Gasteiger charge is 2.12. The smallest absolute Gasteiger partial charge is 0.234 e. The number of hydrogen-bond acceptors (Lipinski definition) is 2. The topological polar surface area (TPSA) is 41.1 Å². The van der Waals surface area contributed by atoms with Crippen molar-refractivity contribution in [1.82, 2.24) is 10.6 Å². The van der Waals surface area contributed by atoms with Gasteiger partial charge >= 0.3 is 0 Å². The van der Waals surface area contributed by atoms with Crippen LogP contribution in [0, 0.1) is 0 Å². The van der Waals surface area contributed by atoms with Crippen LogP contribution in [0.5, 0.6) is 0 Å². The molecule has 0 atom stereocenters. The van der Waals surface area contributed by atoms with Gasteiger partial charge in [0.2, 0.25) is 5.91 Å². The van der Waals surface area contributed by atoms with E-state index in [4.69, 9.17) is 0 Å². The Kier molecular flexibility index (Phi) is 4.11. The lowest BCUT2D eigenvalue weighted by Gasteiger charge is -2.20. The van der Waals surface area contributed by atoms with Crippen molar-refractivity contribution in [3.8, 4) is 0 Å². The Hall–Kier alpha value is -0.570. The van der Waals surface area contributed by atoms with Crippen LogP contribution in [0.1, 0.15) is 27.7 Å². The molecule has 0 saturated heterocycles. The maximum atomic E-state index is 11.0. The fraction of sp³-hybridized carbons (Fsp3) is 0.875. The van der Waals surface area contributed by atoms with Gasteiger partial charge in [-0.1, -0.05) is 6.92 Å². The zero-order valence-electron chi connectivity index (χ0n) is 7.82. The summed E-state index contributed by atoms with van der Waals surface area (Å²) in [5.74, 6) is 0.0550. The molecule has 11 heavy (non-hydrogen) atoms. The Morgan fingerprint density at radius 2 is 1.91 bits per heavy atom. The summed E-state index contributed by atoms with van der Waals surface area (Å²) in [6, 6.07) is 0. The second-order valence-electron chi connectivity index (χ2n) is 3.58. The van der Waals surface area contributed by atoms with E-state index in [2.05, 4.69) is 10.6 Å². The van der Waals surface area contributed by atoms with Gasteiger partial charge in [-0.05, 0) is 27.3 Å². The quantitative estimate of drug-likeness (QED) is 0.628. The second kappa shape index (κ2) is 4.34. The molecule has 0 aromatic rings. The Morgan fingerprint density at radius 1 is 1.36 bits per heavy atom. The Bertz CT molecular complexity index is 127. The Morgan fingerprint density at radius 3 is 2.27 bits per heavy atom. The van der Waals surface area contributed by atoms with E-state index in [0.717, 1.165) is 6.54 Å². The first-order chi connectivity index (χ1) is 4.95. The van der Waals surface area contributed by atoms with E-state index in [1.54, 1.807) is 0 Å². The van der Waals surface area contributed by atoms with Crippen LogP contribution in [0.15, 0.2) is 0 Å². The second-order valence-corrected chi connectivity index (χ2v) is 3.58. The van der Waals surface area contributed by atoms with Crippen LogP contribution in [0.25, 0.3) is 0 Å². The number of nitrogens with one attached hydrogen (secondary N) is 2. The van der Waals surface area contributed by atoms with E-state index < -0.39 is 0 Å². The fourth-order valence-corrected chi connectivity index (χ4v) is 0.701. The average molecular weight is 158 g/mol. The third-order valence-corrected chi connectivity index (χ3v) is 1.05. The molecule has 0 heterocycles. The molecule has 0 aromatic heterocycles. The monoisotopic (exact) mass is 158 g/mol. The lowest BCUT2D eigenvalue weighted by Crippen LogP contribution is -2.44. The van der Waals surface area contributed by atoms with Crippen molar-refractivity contribution in [2.45, 2.75) is 33.2 Å². The van der Waals surface area contributed by atoms with E-state index in [-0.39, 0.29) is 11.4 Å².